The number of nitrogens with zero attached hydrogens (tertiary/aromatic N) is 1. The first kappa shape index (κ1) is 19.1. The summed E-state index contributed by atoms with van der Waals surface area (Å²) in [7, 11) is 1.62. The van der Waals surface area contributed by atoms with Gasteiger partial charge in [0.1, 0.15) is 11.5 Å². The zero-order valence-corrected chi connectivity index (χ0v) is 15.0. The minimum Gasteiger partial charge on any atom is -0.497 e. The number of carbonyl (C=O) groups is 2. The van der Waals surface area contributed by atoms with Crippen LogP contribution in [0.1, 0.15) is 32.6 Å². The van der Waals surface area contributed by atoms with Crippen LogP contribution in [0.4, 0.5) is 0 Å². The van der Waals surface area contributed by atoms with Gasteiger partial charge < -0.3 is 19.1 Å². The van der Waals surface area contributed by atoms with Gasteiger partial charge in [0.25, 0.3) is 0 Å². The predicted molar refractivity (Wildman–Crippen MR) is 93.7 cm³/mol. The normalized spacial score (nSPS) is 17.0. The predicted octanol–water partition coefficient (Wildman–Crippen LogP) is 2.66. The van der Waals surface area contributed by atoms with Gasteiger partial charge in [-0.25, -0.2) is 0 Å². The van der Waals surface area contributed by atoms with Gasteiger partial charge in [-0.3, -0.25) is 9.59 Å². The Bertz CT molecular complexity index is 557. The molecular weight excluding hydrogens is 322 g/mol. The Morgan fingerprint density at radius 2 is 1.92 bits per heavy atom. The molecule has 0 spiro atoms. The maximum Gasteiger partial charge on any atom is 0.310 e. The summed E-state index contributed by atoms with van der Waals surface area (Å²) in [4.78, 5) is 25.9. The molecule has 1 atom stereocenters. The van der Waals surface area contributed by atoms with E-state index in [4.69, 9.17) is 14.2 Å². The summed E-state index contributed by atoms with van der Waals surface area (Å²) >= 11 is 0. The Labute approximate surface area is 149 Å². The van der Waals surface area contributed by atoms with Crippen LogP contribution in [0, 0.1) is 5.92 Å². The van der Waals surface area contributed by atoms with E-state index in [2.05, 4.69) is 0 Å². The van der Waals surface area contributed by atoms with Gasteiger partial charge in [0.05, 0.1) is 26.2 Å². The van der Waals surface area contributed by atoms with Crippen LogP contribution in [0.2, 0.25) is 0 Å². The molecule has 0 saturated carbocycles. The Kier molecular flexibility index (Phi) is 7.57. The smallest absolute Gasteiger partial charge is 0.310 e. The molecule has 1 aliphatic rings. The van der Waals surface area contributed by atoms with Gasteiger partial charge in [-0.15, -0.1) is 0 Å². The molecule has 6 heteroatoms. The van der Waals surface area contributed by atoms with Gasteiger partial charge in [-0.05, 0) is 50.5 Å². The Hall–Kier alpha value is -2.24. The van der Waals surface area contributed by atoms with Gasteiger partial charge in [0.15, 0.2) is 0 Å². The number of amides is 1. The Morgan fingerprint density at radius 1 is 1.20 bits per heavy atom. The number of ether oxygens (including phenoxy) is 3. The molecule has 0 aliphatic carbocycles. The average molecular weight is 349 g/mol. The van der Waals surface area contributed by atoms with E-state index in [1.54, 1.807) is 18.9 Å². The highest BCUT2D eigenvalue weighted by atomic mass is 16.5. The van der Waals surface area contributed by atoms with E-state index in [-0.39, 0.29) is 17.8 Å². The number of benzene rings is 1. The fraction of sp³-hybridized carbons (Fsp3) is 0.579. The lowest BCUT2D eigenvalue weighted by Gasteiger charge is -2.31. The van der Waals surface area contributed by atoms with Gasteiger partial charge in [-0.2, -0.15) is 0 Å². The monoisotopic (exact) mass is 349 g/mol. The second-order valence-corrected chi connectivity index (χ2v) is 6.06. The molecule has 1 aliphatic heterocycles. The molecule has 6 nitrogen and oxygen atoms in total. The third-order valence-electron chi connectivity index (χ3n) is 4.26. The number of hydrogen-bond donors (Lipinski definition) is 0. The fourth-order valence-electron chi connectivity index (χ4n) is 2.90. The first-order valence-electron chi connectivity index (χ1n) is 8.85. The molecule has 0 radical (unpaired) electrons. The average Bonchev–Trinajstić information content (AvgIpc) is 2.66. The molecular formula is C19H27NO5. The van der Waals surface area contributed by atoms with E-state index in [9.17, 15) is 9.59 Å². The topological polar surface area (TPSA) is 65.1 Å². The van der Waals surface area contributed by atoms with Crippen LogP contribution in [-0.4, -0.2) is 50.2 Å². The standard InChI is InChI=1S/C19H27NO5/c1-3-24-19(22)15-6-4-12-20(14-15)18(21)7-5-13-25-17-10-8-16(23-2)9-11-17/h8-11,15H,3-7,12-14H2,1-2H3. The summed E-state index contributed by atoms with van der Waals surface area (Å²) in [5.74, 6) is 1.24. The van der Waals surface area contributed by atoms with Crippen LogP contribution < -0.4 is 9.47 Å². The van der Waals surface area contributed by atoms with Crippen molar-refractivity contribution in [3.63, 3.8) is 0 Å². The van der Waals surface area contributed by atoms with Gasteiger partial charge in [0.2, 0.25) is 5.91 Å². The van der Waals surface area contributed by atoms with Crippen molar-refractivity contribution in [1.29, 1.82) is 0 Å². The molecule has 0 aromatic heterocycles. The lowest BCUT2D eigenvalue weighted by atomic mass is 9.98. The molecule has 1 aromatic carbocycles. The van der Waals surface area contributed by atoms with Crippen molar-refractivity contribution in [2.45, 2.75) is 32.6 Å². The lowest BCUT2D eigenvalue weighted by Crippen LogP contribution is -2.42. The lowest BCUT2D eigenvalue weighted by molar-refractivity contribution is -0.151. The first-order valence-corrected chi connectivity index (χ1v) is 8.85. The second-order valence-electron chi connectivity index (χ2n) is 6.06. The highest BCUT2D eigenvalue weighted by molar-refractivity contribution is 5.78. The zero-order chi connectivity index (χ0) is 18.1. The SMILES string of the molecule is CCOC(=O)C1CCCN(C(=O)CCCOc2ccc(OC)cc2)C1. The van der Waals surface area contributed by atoms with E-state index < -0.39 is 0 Å². The molecule has 0 bridgehead atoms. The number of piperidine rings is 1. The summed E-state index contributed by atoms with van der Waals surface area (Å²) in [6, 6.07) is 7.36. The van der Waals surface area contributed by atoms with E-state index in [0.29, 0.717) is 39.1 Å². The van der Waals surface area contributed by atoms with Crippen LogP contribution in [0.3, 0.4) is 0 Å². The summed E-state index contributed by atoms with van der Waals surface area (Å²) < 4.78 is 15.8. The largest absolute Gasteiger partial charge is 0.497 e. The van der Waals surface area contributed by atoms with E-state index in [1.807, 2.05) is 24.3 Å². The number of likely N-dealkylation sites (tertiary alicyclic amines) is 1. The van der Waals surface area contributed by atoms with Gasteiger partial charge >= 0.3 is 5.97 Å². The molecule has 0 N–H and O–H groups in total. The molecule has 1 saturated heterocycles. The van der Waals surface area contributed by atoms with E-state index in [0.717, 1.165) is 24.3 Å². The molecule has 1 unspecified atom stereocenters. The van der Waals surface area contributed by atoms with Gasteiger partial charge in [-0.1, -0.05) is 0 Å². The first-order chi connectivity index (χ1) is 12.1. The fourth-order valence-corrected chi connectivity index (χ4v) is 2.90. The number of carbonyl (C=O) groups excluding carboxylic acids is 2. The number of methoxy groups -OCH3 is 1. The second kappa shape index (κ2) is 9.91. The van der Waals surface area contributed by atoms with Crippen LogP contribution in [0.15, 0.2) is 24.3 Å². The maximum atomic E-state index is 12.3. The molecule has 138 valence electrons. The molecule has 2 rings (SSSR count). The van der Waals surface area contributed by atoms with E-state index >= 15 is 0 Å². The summed E-state index contributed by atoms with van der Waals surface area (Å²) in [5.41, 5.74) is 0. The zero-order valence-electron chi connectivity index (χ0n) is 15.0. The molecule has 25 heavy (non-hydrogen) atoms. The van der Waals surface area contributed by atoms with Crippen molar-refractivity contribution < 1.29 is 23.8 Å². The van der Waals surface area contributed by atoms with Gasteiger partial charge in [0, 0.05) is 19.5 Å². The Balaban J connectivity index is 1.69. The van der Waals surface area contributed by atoms with Crippen molar-refractivity contribution in [2.75, 3.05) is 33.4 Å². The van der Waals surface area contributed by atoms with Crippen molar-refractivity contribution in [1.82, 2.24) is 4.90 Å². The maximum absolute atomic E-state index is 12.3. The number of hydrogen-bond acceptors (Lipinski definition) is 5. The minimum atomic E-state index is -0.192. The van der Waals surface area contributed by atoms with Crippen LogP contribution >= 0.6 is 0 Å². The number of esters is 1. The summed E-state index contributed by atoms with van der Waals surface area (Å²) in [6.07, 6.45) is 2.71. The quantitative estimate of drug-likeness (QED) is 0.533. The molecule has 1 heterocycles. The minimum absolute atomic E-state index is 0.0762. The van der Waals surface area contributed by atoms with Crippen LogP contribution in [0.5, 0.6) is 11.5 Å². The van der Waals surface area contributed by atoms with Crippen LogP contribution in [0.25, 0.3) is 0 Å². The van der Waals surface area contributed by atoms with E-state index in [1.165, 1.54) is 0 Å². The third-order valence-corrected chi connectivity index (χ3v) is 4.26. The Morgan fingerprint density at radius 3 is 2.60 bits per heavy atom. The van der Waals surface area contributed by atoms with Crippen molar-refractivity contribution in [3.8, 4) is 11.5 Å². The van der Waals surface area contributed by atoms with Crippen molar-refractivity contribution in [3.05, 3.63) is 24.3 Å². The van der Waals surface area contributed by atoms with Crippen molar-refractivity contribution >= 4 is 11.9 Å². The highest BCUT2D eigenvalue weighted by Gasteiger charge is 2.28. The highest BCUT2D eigenvalue weighted by Crippen LogP contribution is 2.20. The number of rotatable bonds is 8. The molecule has 1 aromatic rings. The third kappa shape index (κ3) is 5.96. The summed E-state index contributed by atoms with van der Waals surface area (Å²) in [6.45, 7) is 3.84. The molecule has 1 amide bonds. The molecule has 1 fully saturated rings. The summed E-state index contributed by atoms with van der Waals surface area (Å²) in [5, 5.41) is 0. The van der Waals surface area contributed by atoms with Crippen LogP contribution in [-0.2, 0) is 14.3 Å². The van der Waals surface area contributed by atoms with Crippen molar-refractivity contribution in [2.24, 2.45) is 5.92 Å².